The molecule has 1 saturated heterocycles. The Labute approximate surface area is 114 Å². The summed E-state index contributed by atoms with van der Waals surface area (Å²) in [6.45, 7) is 0.698. The smallest absolute Gasteiger partial charge is 0.416 e. The van der Waals surface area contributed by atoms with Crippen LogP contribution in [0.2, 0.25) is 0 Å². The number of rotatable bonds is 2. The van der Waals surface area contributed by atoms with Crippen LogP contribution in [0, 0.1) is 5.92 Å². The first-order valence-electron chi connectivity index (χ1n) is 6.18. The van der Waals surface area contributed by atoms with Crippen LogP contribution in [0.4, 0.5) is 18.9 Å². The molecule has 1 heterocycles. The molecule has 1 fully saturated rings. The van der Waals surface area contributed by atoms with Gasteiger partial charge in [0.15, 0.2) is 0 Å². The molecular weight excluding hydrogens is 273 g/mol. The summed E-state index contributed by atoms with van der Waals surface area (Å²) >= 11 is 0. The third-order valence-electron chi connectivity index (χ3n) is 3.39. The number of halogens is 3. The zero-order chi connectivity index (χ0) is 14.9. The molecule has 7 heteroatoms. The van der Waals surface area contributed by atoms with Crippen LogP contribution in [0.1, 0.15) is 12.0 Å². The van der Waals surface area contributed by atoms with Gasteiger partial charge in [0.2, 0.25) is 0 Å². The second-order valence-electron chi connectivity index (χ2n) is 4.98. The molecular formula is C13H15F3N2O2. The average Bonchev–Trinajstić information content (AvgIpc) is 2.37. The summed E-state index contributed by atoms with van der Waals surface area (Å²) in [6, 6.07) is 4.38. The van der Waals surface area contributed by atoms with Crippen LogP contribution in [0.25, 0.3) is 0 Å². The first-order chi connectivity index (χ1) is 9.27. The maximum Gasteiger partial charge on any atom is 0.416 e. The van der Waals surface area contributed by atoms with Gasteiger partial charge in [-0.2, -0.15) is 13.2 Å². The Balaban J connectivity index is 2.16. The van der Waals surface area contributed by atoms with Crippen LogP contribution in [0.15, 0.2) is 24.3 Å². The van der Waals surface area contributed by atoms with Gasteiger partial charge < -0.3 is 15.7 Å². The van der Waals surface area contributed by atoms with E-state index < -0.39 is 23.6 Å². The lowest BCUT2D eigenvalue weighted by Crippen LogP contribution is -2.49. The van der Waals surface area contributed by atoms with Crippen LogP contribution < -0.4 is 10.6 Å². The first kappa shape index (κ1) is 14.6. The number of nitrogens with two attached hydrogens (primary N) is 1. The normalized spacial score (nSPS) is 23.7. The van der Waals surface area contributed by atoms with E-state index in [0.717, 1.165) is 12.1 Å². The first-order valence-corrected chi connectivity index (χ1v) is 6.18. The van der Waals surface area contributed by atoms with E-state index in [1.807, 2.05) is 0 Å². The van der Waals surface area contributed by atoms with E-state index in [2.05, 4.69) is 0 Å². The molecule has 0 bridgehead atoms. The van der Waals surface area contributed by atoms with Crippen LogP contribution in [-0.4, -0.2) is 30.2 Å². The summed E-state index contributed by atoms with van der Waals surface area (Å²) in [7, 11) is 0. The Morgan fingerprint density at radius 1 is 1.25 bits per heavy atom. The van der Waals surface area contributed by atoms with E-state index in [4.69, 9.17) is 10.8 Å². The number of nitrogens with zero attached hydrogens (tertiary/aromatic N) is 1. The minimum atomic E-state index is -4.37. The van der Waals surface area contributed by atoms with Crippen LogP contribution in [0.5, 0.6) is 0 Å². The molecule has 2 atom stereocenters. The van der Waals surface area contributed by atoms with Gasteiger partial charge in [0.05, 0.1) is 11.5 Å². The Morgan fingerprint density at radius 2 is 1.85 bits per heavy atom. The van der Waals surface area contributed by atoms with E-state index in [9.17, 15) is 18.0 Å². The van der Waals surface area contributed by atoms with Crippen molar-refractivity contribution in [2.45, 2.75) is 18.6 Å². The fourth-order valence-electron chi connectivity index (χ4n) is 2.39. The van der Waals surface area contributed by atoms with Crippen LogP contribution in [0.3, 0.4) is 0 Å². The number of benzene rings is 1. The molecule has 0 spiro atoms. The monoisotopic (exact) mass is 288 g/mol. The molecule has 1 aromatic carbocycles. The lowest BCUT2D eigenvalue weighted by Gasteiger charge is -2.36. The summed E-state index contributed by atoms with van der Waals surface area (Å²) in [5, 5.41) is 9.04. The highest BCUT2D eigenvalue weighted by Crippen LogP contribution is 2.31. The number of carboxylic acids is 1. The largest absolute Gasteiger partial charge is 0.481 e. The second kappa shape index (κ2) is 5.32. The topological polar surface area (TPSA) is 66.6 Å². The standard InChI is InChI=1S/C13H15F3N2O2/c14-13(15,16)9-1-3-11(4-2-9)18-6-8(12(19)20)5-10(17)7-18/h1-4,8,10H,5-7,17H2,(H,19,20). The van der Waals surface area contributed by atoms with E-state index >= 15 is 0 Å². The van der Waals surface area contributed by atoms with Gasteiger partial charge in [0, 0.05) is 24.8 Å². The number of carbonyl (C=O) groups is 1. The number of anilines is 1. The molecule has 2 unspecified atom stereocenters. The van der Waals surface area contributed by atoms with Gasteiger partial charge in [0.25, 0.3) is 0 Å². The molecule has 0 saturated carbocycles. The number of alkyl halides is 3. The minimum Gasteiger partial charge on any atom is -0.481 e. The van der Waals surface area contributed by atoms with Crippen molar-refractivity contribution in [2.75, 3.05) is 18.0 Å². The molecule has 4 nitrogen and oxygen atoms in total. The fourth-order valence-corrected chi connectivity index (χ4v) is 2.39. The highest BCUT2D eigenvalue weighted by molar-refractivity contribution is 5.71. The van der Waals surface area contributed by atoms with E-state index in [-0.39, 0.29) is 12.6 Å². The van der Waals surface area contributed by atoms with Crippen molar-refractivity contribution in [2.24, 2.45) is 11.7 Å². The van der Waals surface area contributed by atoms with Crippen molar-refractivity contribution < 1.29 is 23.1 Å². The summed E-state index contributed by atoms with van der Waals surface area (Å²) < 4.78 is 37.4. The summed E-state index contributed by atoms with van der Waals surface area (Å²) in [5.41, 5.74) is 5.64. The van der Waals surface area contributed by atoms with Crippen molar-refractivity contribution in [3.05, 3.63) is 29.8 Å². The number of aliphatic carboxylic acids is 1. The highest BCUT2D eigenvalue weighted by atomic mass is 19.4. The number of hydrogen-bond donors (Lipinski definition) is 2. The van der Waals surface area contributed by atoms with Gasteiger partial charge >= 0.3 is 12.1 Å². The minimum absolute atomic E-state index is 0.258. The van der Waals surface area contributed by atoms with Gasteiger partial charge in [-0.3, -0.25) is 4.79 Å². The third kappa shape index (κ3) is 3.22. The summed E-state index contributed by atoms with van der Waals surface area (Å²) in [4.78, 5) is 12.7. The van der Waals surface area contributed by atoms with Gasteiger partial charge in [-0.15, -0.1) is 0 Å². The quantitative estimate of drug-likeness (QED) is 0.873. The van der Waals surface area contributed by atoms with Crippen molar-refractivity contribution in [3.63, 3.8) is 0 Å². The lowest BCUT2D eigenvalue weighted by molar-refractivity contribution is -0.142. The zero-order valence-electron chi connectivity index (χ0n) is 10.6. The fraction of sp³-hybridized carbons (Fsp3) is 0.462. The maximum absolute atomic E-state index is 12.5. The Hall–Kier alpha value is -1.76. The molecule has 110 valence electrons. The van der Waals surface area contributed by atoms with Crippen LogP contribution >= 0.6 is 0 Å². The molecule has 0 radical (unpaired) electrons. The van der Waals surface area contributed by atoms with Crippen molar-refractivity contribution in [1.29, 1.82) is 0 Å². The summed E-state index contributed by atoms with van der Waals surface area (Å²) in [5.74, 6) is -1.53. The number of piperidine rings is 1. The van der Waals surface area contributed by atoms with Gasteiger partial charge in [-0.25, -0.2) is 0 Å². The SMILES string of the molecule is NC1CC(C(=O)O)CN(c2ccc(C(F)(F)F)cc2)C1. The van der Waals surface area contributed by atoms with E-state index in [1.54, 1.807) is 4.90 Å². The Kier molecular flexibility index (Phi) is 3.89. The van der Waals surface area contributed by atoms with Gasteiger partial charge in [-0.05, 0) is 30.7 Å². The molecule has 2 rings (SSSR count). The van der Waals surface area contributed by atoms with E-state index in [1.165, 1.54) is 12.1 Å². The summed E-state index contributed by atoms with van der Waals surface area (Å²) in [6.07, 6.45) is -3.99. The van der Waals surface area contributed by atoms with Gasteiger partial charge in [0.1, 0.15) is 0 Å². The molecule has 1 aromatic rings. The molecule has 1 aliphatic heterocycles. The molecule has 0 aromatic heterocycles. The van der Waals surface area contributed by atoms with Crippen LogP contribution in [-0.2, 0) is 11.0 Å². The Morgan fingerprint density at radius 3 is 2.35 bits per heavy atom. The Bertz CT molecular complexity index is 487. The van der Waals surface area contributed by atoms with Crippen molar-refractivity contribution >= 4 is 11.7 Å². The molecule has 0 amide bonds. The molecule has 0 aliphatic carbocycles. The van der Waals surface area contributed by atoms with Crippen molar-refractivity contribution in [1.82, 2.24) is 0 Å². The molecule has 20 heavy (non-hydrogen) atoms. The highest BCUT2D eigenvalue weighted by Gasteiger charge is 2.32. The molecule has 3 N–H and O–H groups in total. The second-order valence-corrected chi connectivity index (χ2v) is 4.98. The third-order valence-corrected chi connectivity index (χ3v) is 3.39. The predicted molar refractivity (Wildman–Crippen MR) is 67.4 cm³/mol. The lowest BCUT2D eigenvalue weighted by atomic mass is 9.94. The van der Waals surface area contributed by atoms with Crippen molar-refractivity contribution in [3.8, 4) is 0 Å². The molecule has 1 aliphatic rings. The number of hydrogen-bond acceptors (Lipinski definition) is 3. The zero-order valence-corrected chi connectivity index (χ0v) is 10.6. The van der Waals surface area contributed by atoms with E-state index in [0.29, 0.717) is 18.7 Å². The number of carboxylic acid groups (broad SMARTS) is 1. The average molecular weight is 288 g/mol. The maximum atomic E-state index is 12.5. The predicted octanol–water partition coefficient (Wildman–Crippen LogP) is 1.94. The van der Waals surface area contributed by atoms with Gasteiger partial charge in [-0.1, -0.05) is 0 Å².